The molecule has 0 saturated carbocycles. The largest absolute Gasteiger partial charge is 0.370 e. The lowest BCUT2D eigenvalue weighted by atomic mass is 9.97. The minimum atomic E-state index is 0.210. The highest BCUT2D eigenvalue weighted by Gasteiger charge is 2.23. The van der Waals surface area contributed by atoms with Crippen LogP contribution in [-0.2, 0) is 0 Å². The van der Waals surface area contributed by atoms with Crippen molar-refractivity contribution in [2.45, 2.75) is 19.4 Å². The van der Waals surface area contributed by atoms with E-state index < -0.39 is 0 Å². The van der Waals surface area contributed by atoms with Crippen molar-refractivity contribution in [3.8, 4) is 0 Å². The van der Waals surface area contributed by atoms with Crippen molar-refractivity contribution < 1.29 is 0 Å². The fourth-order valence-corrected chi connectivity index (χ4v) is 3.24. The molecule has 0 bridgehead atoms. The number of fused-ring (bicyclic) bond motifs is 1. The Kier molecular flexibility index (Phi) is 4.47. The maximum absolute atomic E-state index is 6.26. The molecule has 1 atom stereocenters. The van der Waals surface area contributed by atoms with E-state index in [4.69, 9.17) is 11.6 Å². The average Bonchev–Trinajstić information content (AvgIpc) is 2.68. The van der Waals surface area contributed by atoms with Crippen molar-refractivity contribution in [3.63, 3.8) is 0 Å². The Morgan fingerprint density at radius 2 is 2.00 bits per heavy atom. The fraction of sp³-hybridized carbons (Fsp3) is 0.333. The molecule has 2 nitrogen and oxygen atoms in total. The van der Waals surface area contributed by atoms with E-state index in [1.807, 2.05) is 6.07 Å². The zero-order valence-corrected chi connectivity index (χ0v) is 13.1. The molecule has 2 aromatic rings. The molecule has 0 amide bonds. The third-order valence-corrected chi connectivity index (χ3v) is 4.23. The number of hydrogen-bond acceptors (Lipinski definition) is 2. The summed E-state index contributed by atoms with van der Waals surface area (Å²) in [5, 5.41) is 4.47. The predicted octanol–water partition coefficient (Wildman–Crippen LogP) is 4.25. The van der Waals surface area contributed by atoms with Crippen LogP contribution in [0.3, 0.4) is 0 Å². The lowest BCUT2D eigenvalue weighted by Crippen LogP contribution is -2.30. The average molecular weight is 301 g/mol. The van der Waals surface area contributed by atoms with E-state index in [1.54, 1.807) is 0 Å². The van der Waals surface area contributed by atoms with Gasteiger partial charge in [0.2, 0.25) is 0 Å². The summed E-state index contributed by atoms with van der Waals surface area (Å²) in [5.74, 6) is 0. The van der Waals surface area contributed by atoms with Gasteiger partial charge in [0.25, 0.3) is 0 Å². The quantitative estimate of drug-likeness (QED) is 0.911. The van der Waals surface area contributed by atoms with Crippen molar-refractivity contribution in [2.75, 3.05) is 24.5 Å². The van der Waals surface area contributed by atoms with E-state index >= 15 is 0 Å². The van der Waals surface area contributed by atoms with E-state index in [1.165, 1.54) is 16.8 Å². The van der Waals surface area contributed by atoms with Gasteiger partial charge in [0.05, 0.1) is 6.04 Å². The molecule has 0 aliphatic carbocycles. The first kappa shape index (κ1) is 14.4. The molecule has 0 fully saturated rings. The van der Waals surface area contributed by atoms with E-state index in [2.05, 4.69) is 59.6 Å². The Morgan fingerprint density at radius 3 is 2.76 bits per heavy atom. The molecular weight excluding hydrogens is 280 g/mol. The molecule has 1 aliphatic rings. The monoisotopic (exact) mass is 300 g/mol. The van der Waals surface area contributed by atoms with Crippen LogP contribution in [-0.4, -0.2) is 19.6 Å². The topological polar surface area (TPSA) is 15.3 Å². The molecule has 1 unspecified atom stereocenters. The smallest absolute Gasteiger partial charge is 0.0598 e. The third-order valence-electron chi connectivity index (χ3n) is 4.00. The van der Waals surface area contributed by atoms with Gasteiger partial charge in [0, 0.05) is 30.3 Å². The Hall–Kier alpha value is -1.51. The number of rotatable bonds is 3. The Labute approximate surface area is 131 Å². The number of halogens is 1. The Morgan fingerprint density at radius 1 is 1.19 bits per heavy atom. The predicted molar refractivity (Wildman–Crippen MR) is 90.2 cm³/mol. The molecular formula is C18H21ClN2. The summed E-state index contributed by atoms with van der Waals surface area (Å²) in [7, 11) is 0. The molecule has 3 heteroatoms. The van der Waals surface area contributed by atoms with Gasteiger partial charge in [0.1, 0.15) is 0 Å². The van der Waals surface area contributed by atoms with Gasteiger partial charge in [-0.3, -0.25) is 0 Å². The number of benzene rings is 2. The van der Waals surface area contributed by atoms with Crippen molar-refractivity contribution >= 4 is 17.3 Å². The van der Waals surface area contributed by atoms with Crippen molar-refractivity contribution in [1.29, 1.82) is 0 Å². The van der Waals surface area contributed by atoms with Gasteiger partial charge >= 0.3 is 0 Å². The maximum Gasteiger partial charge on any atom is 0.0598 e. The highest BCUT2D eigenvalue weighted by atomic mass is 35.5. The van der Waals surface area contributed by atoms with Crippen molar-refractivity contribution in [2.24, 2.45) is 0 Å². The van der Waals surface area contributed by atoms with E-state index in [0.717, 1.165) is 31.1 Å². The molecule has 0 spiro atoms. The normalized spacial score (nSPS) is 18.2. The lowest BCUT2D eigenvalue weighted by Gasteiger charge is -2.25. The van der Waals surface area contributed by atoms with Crippen LogP contribution in [0.5, 0.6) is 0 Å². The van der Waals surface area contributed by atoms with Crippen LogP contribution < -0.4 is 10.2 Å². The van der Waals surface area contributed by atoms with Crippen molar-refractivity contribution in [3.05, 3.63) is 64.7 Å². The first-order chi connectivity index (χ1) is 10.3. The SMILES string of the molecule is CCCN1CCNC(c2ccccc2)c2cc(Cl)ccc21. The fourth-order valence-electron chi connectivity index (χ4n) is 3.06. The van der Waals surface area contributed by atoms with Crippen molar-refractivity contribution in [1.82, 2.24) is 5.32 Å². The van der Waals surface area contributed by atoms with Crippen LogP contribution in [0, 0.1) is 0 Å². The van der Waals surface area contributed by atoms with Gasteiger partial charge in [-0.15, -0.1) is 0 Å². The summed E-state index contributed by atoms with van der Waals surface area (Å²) in [6.45, 7) is 5.32. The summed E-state index contributed by atoms with van der Waals surface area (Å²) < 4.78 is 0. The van der Waals surface area contributed by atoms with E-state index in [9.17, 15) is 0 Å². The van der Waals surface area contributed by atoms with Crippen LogP contribution >= 0.6 is 11.6 Å². The Bertz CT molecular complexity index is 597. The van der Waals surface area contributed by atoms with Gasteiger partial charge in [-0.1, -0.05) is 48.9 Å². The number of nitrogens with one attached hydrogen (secondary N) is 1. The first-order valence-corrected chi connectivity index (χ1v) is 8.00. The molecule has 3 rings (SSSR count). The highest BCUT2D eigenvalue weighted by molar-refractivity contribution is 6.30. The summed E-state index contributed by atoms with van der Waals surface area (Å²) >= 11 is 6.26. The van der Waals surface area contributed by atoms with E-state index in [-0.39, 0.29) is 6.04 Å². The highest BCUT2D eigenvalue weighted by Crippen LogP contribution is 2.34. The molecule has 0 saturated heterocycles. The molecule has 2 aromatic carbocycles. The van der Waals surface area contributed by atoms with Gasteiger partial charge in [-0.25, -0.2) is 0 Å². The molecule has 1 aliphatic heterocycles. The van der Waals surface area contributed by atoms with Crippen LogP contribution in [0.1, 0.15) is 30.5 Å². The molecule has 21 heavy (non-hydrogen) atoms. The molecule has 110 valence electrons. The number of anilines is 1. The first-order valence-electron chi connectivity index (χ1n) is 7.62. The molecule has 0 radical (unpaired) electrons. The Balaban J connectivity index is 2.07. The van der Waals surface area contributed by atoms with Gasteiger partial charge in [-0.2, -0.15) is 0 Å². The summed E-state index contributed by atoms with van der Waals surface area (Å²) in [6.07, 6.45) is 1.15. The summed E-state index contributed by atoms with van der Waals surface area (Å²) in [4.78, 5) is 2.46. The van der Waals surface area contributed by atoms with Crippen LogP contribution in [0.4, 0.5) is 5.69 Å². The van der Waals surface area contributed by atoms with Gasteiger partial charge in [0.15, 0.2) is 0 Å². The molecule has 1 heterocycles. The number of nitrogens with zero attached hydrogens (tertiary/aromatic N) is 1. The van der Waals surface area contributed by atoms with Crippen LogP contribution in [0.15, 0.2) is 48.5 Å². The van der Waals surface area contributed by atoms with Crippen LogP contribution in [0.2, 0.25) is 5.02 Å². The van der Waals surface area contributed by atoms with Gasteiger partial charge < -0.3 is 10.2 Å². The van der Waals surface area contributed by atoms with Crippen LogP contribution in [0.25, 0.3) is 0 Å². The second-order valence-electron chi connectivity index (χ2n) is 5.49. The van der Waals surface area contributed by atoms with E-state index in [0.29, 0.717) is 0 Å². The number of hydrogen-bond donors (Lipinski definition) is 1. The third kappa shape index (κ3) is 3.07. The minimum Gasteiger partial charge on any atom is -0.370 e. The molecule has 0 aromatic heterocycles. The minimum absolute atomic E-state index is 0.210. The lowest BCUT2D eigenvalue weighted by molar-refractivity contribution is 0.619. The molecule has 1 N–H and O–H groups in total. The van der Waals surface area contributed by atoms with Gasteiger partial charge in [-0.05, 0) is 35.7 Å². The zero-order chi connectivity index (χ0) is 14.7. The maximum atomic E-state index is 6.26. The standard InChI is InChI=1S/C18H21ClN2/c1-2-11-21-12-10-20-18(14-6-4-3-5-7-14)16-13-15(19)8-9-17(16)21/h3-9,13,18,20H,2,10-12H2,1H3. The second-order valence-corrected chi connectivity index (χ2v) is 5.92. The summed E-state index contributed by atoms with van der Waals surface area (Å²) in [5.41, 5.74) is 3.87. The zero-order valence-electron chi connectivity index (χ0n) is 12.3. The summed E-state index contributed by atoms with van der Waals surface area (Å²) in [6, 6.07) is 17.1. The second kappa shape index (κ2) is 6.50.